The highest BCUT2D eigenvalue weighted by Crippen LogP contribution is 2.36. The van der Waals surface area contributed by atoms with Gasteiger partial charge in [-0.05, 0) is 29.0 Å². The molecule has 0 spiro atoms. The van der Waals surface area contributed by atoms with E-state index in [0.29, 0.717) is 0 Å². The van der Waals surface area contributed by atoms with Crippen molar-refractivity contribution in [3.63, 3.8) is 0 Å². The van der Waals surface area contributed by atoms with E-state index in [1.165, 1.54) is 5.46 Å². The first-order valence-electron chi connectivity index (χ1n) is 9.76. The fraction of sp³-hybridized carbons (Fsp3) is 0. The predicted octanol–water partition coefficient (Wildman–Crippen LogP) is 3.97. The number of aromatic carboxylic acids is 1. The van der Waals surface area contributed by atoms with Gasteiger partial charge in [-0.15, -0.1) is 0 Å². The molecule has 3 N–H and O–H groups in total. The molecule has 0 aliphatic rings. The van der Waals surface area contributed by atoms with Gasteiger partial charge < -0.3 is 15.1 Å². The SMILES string of the molecule is Bc1ccc2[nH]cc(-c3nc4c5ccccc5c5ccc(C(=O)O)cc5c4[nH]3)c2c1. The minimum atomic E-state index is -0.940. The first-order chi connectivity index (χ1) is 14.6. The van der Waals surface area contributed by atoms with Crippen LogP contribution in [0.1, 0.15) is 10.4 Å². The summed E-state index contributed by atoms with van der Waals surface area (Å²) in [6.45, 7) is 0. The summed E-state index contributed by atoms with van der Waals surface area (Å²) in [5, 5.41) is 14.6. The number of rotatable bonds is 2. The zero-order chi connectivity index (χ0) is 20.4. The average molecular weight is 389 g/mol. The lowest BCUT2D eigenvalue weighted by molar-refractivity contribution is 0.0697. The van der Waals surface area contributed by atoms with E-state index in [1.807, 2.05) is 24.4 Å². The molecule has 30 heavy (non-hydrogen) atoms. The van der Waals surface area contributed by atoms with Crippen molar-refractivity contribution in [1.29, 1.82) is 0 Å². The highest BCUT2D eigenvalue weighted by atomic mass is 16.4. The molecule has 0 atom stereocenters. The minimum Gasteiger partial charge on any atom is -0.478 e. The first kappa shape index (κ1) is 16.9. The second-order valence-corrected chi connectivity index (χ2v) is 7.67. The third kappa shape index (κ3) is 2.31. The van der Waals surface area contributed by atoms with Crippen LogP contribution >= 0.6 is 0 Å². The third-order valence-electron chi connectivity index (χ3n) is 5.80. The van der Waals surface area contributed by atoms with Crippen LogP contribution in [0.2, 0.25) is 0 Å². The molecule has 5 nitrogen and oxygen atoms in total. The molecule has 6 heteroatoms. The molecule has 0 unspecified atom stereocenters. The van der Waals surface area contributed by atoms with Crippen molar-refractivity contribution < 1.29 is 9.90 Å². The van der Waals surface area contributed by atoms with Crippen LogP contribution in [-0.4, -0.2) is 33.9 Å². The van der Waals surface area contributed by atoms with Crippen LogP contribution in [0.25, 0.3) is 54.9 Å². The van der Waals surface area contributed by atoms with E-state index in [0.717, 1.165) is 54.9 Å². The molecule has 0 aliphatic heterocycles. The molecule has 4 aromatic carbocycles. The number of nitrogens with one attached hydrogen (secondary N) is 2. The summed E-state index contributed by atoms with van der Waals surface area (Å²) in [4.78, 5) is 23.4. The Morgan fingerprint density at radius 3 is 2.53 bits per heavy atom. The number of imidazole rings is 1. The van der Waals surface area contributed by atoms with Gasteiger partial charge in [0.15, 0.2) is 0 Å². The fourth-order valence-electron chi connectivity index (χ4n) is 4.36. The number of aromatic nitrogens is 3. The predicted molar refractivity (Wildman–Crippen MR) is 124 cm³/mol. The van der Waals surface area contributed by atoms with Gasteiger partial charge in [-0.25, -0.2) is 9.78 Å². The maximum absolute atomic E-state index is 11.6. The fourth-order valence-corrected chi connectivity index (χ4v) is 4.36. The molecule has 142 valence electrons. The number of aromatic amines is 2. The molecule has 0 radical (unpaired) electrons. The molecular weight excluding hydrogens is 373 g/mol. The Morgan fingerprint density at radius 1 is 0.900 bits per heavy atom. The Morgan fingerprint density at radius 2 is 1.70 bits per heavy atom. The van der Waals surface area contributed by atoms with Gasteiger partial charge in [0.05, 0.1) is 16.6 Å². The van der Waals surface area contributed by atoms with Crippen LogP contribution in [0.3, 0.4) is 0 Å². The van der Waals surface area contributed by atoms with Crippen LogP contribution in [0.15, 0.2) is 66.9 Å². The van der Waals surface area contributed by atoms with Crippen molar-refractivity contribution in [3.8, 4) is 11.4 Å². The normalized spacial score (nSPS) is 11.7. The molecule has 2 aromatic heterocycles. The van der Waals surface area contributed by atoms with Gasteiger partial charge in [-0.3, -0.25) is 0 Å². The maximum atomic E-state index is 11.6. The largest absolute Gasteiger partial charge is 0.478 e. The van der Waals surface area contributed by atoms with Crippen LogP contribution in [0.4, 0.5) is 0 Å². The molecule has 0 amide bonds. The van der Waals surface area contributed by atoms with Crippen LogP contribution in [0.5, 0.6) is 0 Å². The molecule has 2 heterocycles. The number of carboxylic acids is 1. The zero-order valence-electron chi connectivity index (χ0n) is 16.2. The van der Waals surface area contributed by atoms with Crippen LogP contribution in [0, 0.1) is 0 Å². The number of hydrogen-bond acceptors (Lipinski definition) is 2. The Hall–Kier alpha value is -4.06. The van der Waals surface area contributed by atoms with Gasteiger partial charge in [0.25, 0.3) is 0 Å². The molecule has 0 saturated carbocycles. The number of H-pyrrole nitrogens is 2. The monoisotopic (exact) mass is 389 g/mol. The average Bonchev–Trinajstić information content (AvgIpc) is 3.37. The Bertz CT molecular complexity index is 1650. The van der Waals surface area contributed by atoms with Gasteiger partial charge >= 0.3 is 5.97 Å². The molecular formula is C24H16BN3O2. The maximum Gasteiger partial charge on any atom is 0.335 e. The van der Waals surface area contributed by atoms with E-state index in [-0.39, 0.29) is 5.56 Å². The Balaban J connectivity index is 1.75. The Labute approximate surface area is 171 Å². The van der Waals surface area contributed by atoms with Crippen molar-refractivity contribution >= 4 is 62.8 Å². The number of carbonyl (C=O) groups is 1. The van der Waals surface area contributed by atoms with Crippen molar-refractivity contribution in [2.45, 2.75) is 0 Å². The number of benzene rings is 4. The summed E-state index contributed by atoms with van der Waals surface area (Å²) >= 11 is 0. The quantitative estimate of drug-likeness (QED) is 0.310. The molecule has 0 fully saturated rings. The number of hydrogen-bond donors (Lipinski definition) is 3. The van der Waals surface area contributed by atoms with Crippen molar-refractivity contribution in [1.82, 2.24) is 15.0 Å². The lowest BCUT2D eigenvalue weighted by Gasteiger charge is -2.07. The molecule has 0 aliphatic carbocycles. The van der Waals surface area contributed by atoms with E-state index in [2.05, 4.69) is 48.1 Å². The summed E-state index contributed by atoms with van der Waals surface area (Å²) in [5.74, 6) is -0.176. The second kappa shape index (κ2) is 5.97. The van der Waals surface area contributed by atoms with Gasteiger partial charge in [0.1, 0.15) is 13.7 Å². The number of nitrogens with zero attached hydrogens (tertiary/aromatic N) is 1. The first-order valence-corrected chi connectivity index (χ1v) is 9.76. The van der Waals surface area contributed by atoms with E-state index in [4.69, 9.17) is 4.98 Å². The van der Waals surface area contributed by atoms with Crippen molar-refractivity contribution in [2.75, 3.05) is 0 Å². The number of carboxylic acid groups (broad SMARTS) is 1. The minimum absolute atomic E-state index is 0.262. The molecule has 0 bridgehead atoms. The summed E-state index contributed by atoms with van der Waals surface area (Å²) in [5.41, 5.74) is 5.19. The Kier molecular flexibility index (Phi) is 3.36. The zero-order valence-corrected chi connectivity index (χ0v) is 16.2. The van der Waals surface area contributed by atoms with Crippen LogP contribution < -0.4 is 5.46 Å². The van der Waals surface area contributed by atoms with Gasteiger partial charge in [0, 0.05) is 33.4 Å². The van der Waals surface area contributed by atoms with E-state index in [1.54, 1.807) is 12.1 Å². The van der Waals surface area contributed by atoms with Crippen molar-refractivity contribution in [3.05, 3.63) is 72.4 Å². The topological polar surface area (TPSA) is 81.8 Å². The van der Waals surface area contributed by atoms with Crippen molar-refractivity contribution in [2.24, 2.45) is 0 Å². The highest BCUT2D eigenvalue weighted by Gasteiger charge is 2.17. The standard InChI is InChI=1S/C24H16BN3O2/c25-13-6-8-20-17(10-13)19(11-26-20)23-27-21-16-4-2-1-3-14(16)15-7-5-12(24(29)30)9-18(15)22(21)28-23/h1-11,26H,25H2,(H,27,28)(H,29,30). The lowest BCUT2D eigenvalue weighted by Crippen LogP contribution is -1.99. The van der Waals surface area contributed by atoms with Crippen LogP contribution in [-0.2, 0) is 0 Å². The van der Waals surface area contributed by atoms with Gasteiger partial charge in [-0.1, -0.05) is 47.9 Å². The summed E-state index contributed by atoms with van der Waals surface area (Å²) in [6.07, 6.45) is 1.97. The third-order valence-corrected chi connectivity index (χ3v) is 5.80. The number of fused-ring (bicyclic) bond motifs is 7. The molecule has 0 saturated heterocycles. The van der Waals surface area contributed by atoms with Gasteiger partial charge in [0.2, 0.25) is 0 Å². The van der Waals surface area contributed by atoms with E-state index >= 15 is 0 Å². The van der Waals surface area contributed by atoms with E-state index < -0.39 is 5.97 Å². The lowest BCUT2D eigenvalue weighted by atomic mass is 9.94. The smallest absolute Gasteiger partial charge is 0.335 e. The summed E-state index contributed by atoms with van der Waals surface area (Å²) in [6, 6.07) is 19.7. The summed E-state index contributed by atoms with van der Waals surface area (Å²) in [7, 11) is 2.07. The summed E-state index contributed by atoms with van der Waals surface area (Å²) < 4.78 is 0. The van der Waals surface area contributed by atoms with Gasteiger partial charge in [-0.2, -0.15) is 0 Å². The molecule has 6 aromatic rings. The highest BCUT2D eigenvalue weighted by molar-refractivity contribution is 6.33. The van der Waals surface area contributed by atoms with E-state index in [9.17, 15) is 9.90 Å². The molecule has 6 rings (SSSR count). The second-order valence-electron chi connectivity index (χ2n) is 7.67.